The molecule has 0 atom stereocenters. The van der Waals surface area contributed by atoms with E-state index >= 15 is 0 Å². The molecule has 1 aromatic carbocycles. The molecule has 0 aliphatic rings. The Kier molecular flexibility index (Phi) is 4.72. The van der Waals surface area contributed by atoms with Crippen LogP contribution in [0.1, 0.15) is 12.0 Å². The van der Waals surface area contributed by atoms with Gasteiger partial charge < -0.3 is 10.5 Å². The van der Waals surface area contributed by atoms with Gasteiger partial charge in [0.15, 0.2) is 6.54 Å². The van der Waals surface area contributed by atoms with E-state index in [1.54, 1.807) is 0 Å². The maximum atomic E-state index is 10.7. The lowest BCUT2D eigenvalue weighted by Crippen LogP contribution is -2.54. The van der Waals surface area contributed by atoms with Crippen molar-refractivity contribution in [2.45, 2.75) is 12.8 Å². The number of esters is 1. The van der Waals surface area contributed by atoms with Crippen LogP contribution in [0, 0.1) is 0 Å². The van der Waals surface area contributed by atoms with E-state index in [9.17, 15) is 4.79 Å². The summed E-state index contributed by atoms with van der Waals surface area (Å²) >= 11 is 0. The Morgan fingerprint density at radius 3 is 2.64 bits per heavy atom. The molecule has 0 aromatic heterocycles. The third-order valence-corrected chi connectivity index (χ3v) is 1.92. The number of benzene rings is 1. The van der Waals surface area contributed by atoms with Crippen molar-refractivity contribution >= 4 is 5.97 Å². The normalized spacial score (nSPS) is 9.79. The molecule has 3 N–H and O–H groups in total. The van der Waals surface area contributed by atoms with E-state index in [0.29, 0.717) is 6.61 Å². The van der Waals surface area contributed by atoms with Gasteiger partial charge in [-0.2, -0.15) is 0 Å². The fourth-order valence-corrected chi connectivity index (χ4v) is 1.18. The molecule has 0 unspecified atom stereocenters. The summed E-state index contributed by atoms with van der Waals surface area (Å²) in [4.78, 5) is 10.7. The van der Waals surface area contributed by atoms with Gasteiger partial charge >= 0.3 is 5.97 Å². The zero-order chi connectivity index (χ0) is 10.2. The number of carbonyl (C=O) groups is 1. The molecule has 0 radical (unpaired) electrons. The molecule has 0 spiro atoms. The molecule has 0 heterocycles. The number of rotatable bonds is 5. The molecular formula is C11H16NO2+. The number of quaternary nitrogens is 1. The minimum absolute atomic E-state index is 0.214. The molecule has 1 rings (SSSR count). The van der Waals surface area contributed by atoms with Crippen molar-refractivity contribution in [2.24, 2.45) is 0 Å². The summed E-state index contributed by atoms with van der Waals surface area (Å²) < 4.78 is 4.91. The third kappa shape index (κ3) is 4.05. The van der Waals surface area contributed by atoms with Gasteiger partial charge in [-0.3, -0.25) is 0 Å². The second-order valence-electron chi connectivity index (χ2n) is 3.06. The fraction of sp³-hybridized carbons (Fsp3) is 0.364. The van der Waals surface area contributed by atoms with Crippen LogP contribution < -0.4 is 5.73 Å². The molecule has 0 aliphatic carbocycles. The Hall–Kier alpha value is -1.35. The van der Waals surface area contributed by atoms with Gasteiger partial charge in [-0.15, -0.1) is 0 Å². The maximum Gasteiger partial charge on any atom is 0.361 e. The highest BCUT2D eigenvalue weighted by Crippen LogP contribution is 2.02. The highest BCUT2D eigenvalue weighted by molar-refractivity contribution is 5.69. The number of hydrogen-bond donors (Lipinski definition) is 1. The molecule has 1 aromatic rings. The van der Waals surface area contributed by atoms with Crippen LogP contribution in [-0.4, -0.2) is 19.1 Å². The lowest BCUT2D eigenvalue weighted by Gasteiger charge is -2.02. The quantitative estimate of drug-likeness (QED) is 0.545. The SMILES string of the molecule is [NH3+]CC(=O)OCCCc1ccccc1. The van der Waals surface area contributed by atoms with Crippen LogP contribution in [0.4, 0.5) is 0 Å². The summed E-state index contributed by atoms with van der Waals surface area (Å²) in [6.07, 6.45) is 1.82. The minimum atomic E-state index is -0.224. The molecule has 0 amide bonds. The highest BCUT2D eigenvalue weighted by atomic mass is 16.5. The Balaban J connectivity index is 2.13. The first kappa shape index (κ1) is 10.7. The number of aryl methyl sites for hydroxylation is 1. The minimum Gasteiger partial charge on any atom is -0.462 e. The second kappa shape index (κ2) is 6.16. The summed E-state index contributed by atoms with van der Waals surface area (Å²) in [5, 5.41) is 0. The van der Waals surface area contributed by atoms with Crippen LogP contribution in [0.3, 0.4) is 0 Å². The molecule has 0 aliphatic heterocycles. The standard InChI is InChI=1S/C11H15NO2/c12-9-11(13)14-8-4-7-10-5-2-1-3-6-10/h1-3,5-6H,4,7-9,12H2/p+1. The topological polar surface area (TPSA) is 53.9 Å². The maximum absolute atomic E-state index is 10.7. The van der Waals surface area contributed by atoms with Crippen LogP contribution in [-0.2, 0) is 16.0 Å². The third-order valence-electron chi connectivity index (χ3n) is 1.92. The summed E-state index contributed by atoms with van der Waals surface area (Å²) in [5.41, 5.74) is 4.72. The molecule has 0 fully saturated rings. The monoisotopic (exact) mass is 194 g/mol. The average molecular weight is 194 g/mol. The van der Waals surface area contributed by atoms with Crippen LogP contribution in [0.15, 0.2) is 30.3 Å². The Morgan fingerprint density at radius 1 is 1.29 bits per heavy atom. The van der Waals surface area contributed by atoms with E-state index in [-0.39, 0.29) is 12.5 Å². The Labute approximate surface area is 83.9 Å². The van der Waals surface area contributed by atoms with Crippen LogP contribution >= 0.6 is 0 Å². The molecule has 0 saturated carbocycles. The van der Waals surface area contributed by atoms with Gasteiger partial charge in [-0.05, 0) is 18.4 Å². The zero-order valence-corrected chi connectivity index (χ0v) is 8.24. The lowest BCUT2D eigenvalue weighted by molar-refractivity contribution is -0.359. The summed E-state index contributed by atoms with van der Waals surface area (Å²) in [5.74, 6) is -0.224. The van der Waals surface area contributed by atoms with Crippen LogP contribution in [0.2, 0.25) is 0 Å². The number of ether oxygens (including phenoxy) is 1. The van der Waals surface area contributed by atoms with Crippen molar-refractivity contribution in [3.05, 3.63) is 35.9 Å². The fourth-order valence-electron chi connectivity index (χ4n) is 1.18. The van der Waals surface area contributed by atoms with E-state index in [1.165, 1.54) is 5.56 Å². The van der Waals surface area contributed by atoms with E-state index in [1.807, 2.05) is 18.2 Å². The summed E-state index contributed by atoms with van der Waals surface area (Å²) in [7, 11) is 0. The van der Waals surface area contributed by atoms with Gasteiger partial charge in [0.2, 0.25) is 0 Å². The number of carbonyl (C=O) groups excluding carboxylic acids is 1. The first-order chi connectivity index (χ1) is 6.83. The average Bonchev–Trinajstić information content (AvgIpc) is 2.25. The lowest BCUT2D eigenvalue weighted by atomic mass is 10.1. The first-order valence-corrected chi connectivity index (χ1v) is 4.81. The number of hydrogen-bond acceptors (Lipinski definition) is 2. The van der Waals surface area contributed by atoms with Gasteiger partial charge in [0.05, 0.1) is 6.61 Å². The van der Waals surface area contributed by atoms with E-state index in [4.69, 9.17) is 4.74 Å². The molecule has 76 valence electrons. The first-order valence-electron chi connectivity index (χ1n) is 4.81. The van der Waals surface area contributed by atoms with Gasteiger partial charge in [0.25, 0.3) is 0 Å². The molecular weight excluding hydrogens is 178 g/mol. The second-order valence-corrected chi connectivity index (χ2v) is 3.06. The van der Waals surface area contributed by atoms with Gasteiger partial charge in [0, 0.05) is 0 Å². The molecule has 14 heavy (non-hydrogen) atoms. The van der Waals surface area contributed by atoms with Crippen molar-refractivity contribution in [2.75, 3.05) is 13.2 Å². The molecule has 3 nitrogen and oxygen atoms in total. The molecule has 0 saturated heterocycles. The van der Waals surface area contributed by atoms with Crippen LogP contribution in [0.25, 0.3) is 0 Å². The Morgan fingerprint density at radius 2 is 2.00 bits per heavy atom. The van der Waals surface area contributed by atoms with Crippen molar-refractivity contribution in [3.63, 3.8) is 0 Å². The van der Waals surface area contributed by atoms with E-state index < -0.39 is 0 Å². The largest absolute Gasteiger partial charge is 0.462 e. The van der Waals surface area contributed by atoms with Crippen molar-refractivity contribution in [1.82, 2.24) is 0 Å². The molecule has 3 heteroatoms. The van der Waals surface area contributed by atoms with E-state index in [2.05, 4.69) is 17.9 Å². The predicted octanol–water partition coefficient (Wildman–Crippen LogP) is 0.404. The van der Waals surface area contributed by atoms with E-state index in [0.717, 1.165) is 12.8 Å². The zero-order valence-electron chi connectivity index (χ0n) is 8.24. The van der Waals surface area contributed by atoms with Gasteiger partial charge in [-0.1, -0.05) is 30.3 Å². The van der Waals surface area contributed by atoms with Crippen molar-refractivity contribution < 1.29 is 15.3 Å². The smallest absolute Gasteiger partial charge is 0.361 e. The highest BCUT2D eigenvalue weighted by Gasteiger charge is 1.99. The summed E-state index contributed by atoms with van der Waals surface area (Å²) in [6.45, 7) is 0.703. The Bertz CT molecular complexity index is 272. The predicted molar refractivity (Wildman–Crippen MR) is 53.5 cm³/mol. The van der Waals surface area contributed by atoms with Crippen molar-refractivity contribution in [3.8, 4) is 0 Å². The van der Waals surface area contributed by atoms with Crippen LogP contribution in [0.5, 0.6) is 0 Å². The van der Waals surface area contributed by atoms with Gasteiger partial charge in [-0.25, -0.2) is 4.79 Å². The van der Waals surface area contributed by atoms with Gasteiger partial charge in [0.1, 0.15) is 0 Å². The summed E-state index contributed by atoms with van der Waals surface area (Å²) in [6, 6.07) is 10.2. The van der Waals surface area contributed by atoms with Crippen molar-refractivity contribution in [1.29, 1.82) is 0 Å². The molecule has 0 bridgehead atoms.